The Morgan fingerprint density at radius 2 is 2.09 bits per heavy atom. The van der Waals surface area contributed by atoms with Gasteiger partial charge in [-0.25, -0.2) is 0 Å². The number of carbonyl (C=O) groups is 1. The van der Waals surface area contributed by atoms with E-state index in [0.717, 1.165) is 12.4 Å². The average Bonchev–Trinajstić information content (AvgIpc) is 3.28. The molecule has 7 nitrogen and oxygen atoms in total. The summed E-state index contributed by atoms with van der Waals surface area (Å²) in [4.78, 5) is 16.2. The summed E-state index contributed by atoms with van der Waals surface area (Å²) in [5.41, 5.74) is 0. The van der Waals surface area contributed by atoms with E-state index in [-0.39, 0.29) is 18.1 Å². The molecule has 1 aliphatic rings. The molecule has 7 heteroatoms. The van der Waals surface area contributed by atoms with Crippen LogP contribution < -0.4 is 0 Å². The van der Waals surface area contributed by atoms with Gasteiger partial charge < -0.3 is 14.2 Å². The van der Waals surface area contributed by atoms with E-state index in [1.807, 2.05) is 32.6 Å². The first-order chi connectivity index (χ1) is 10.9. The van der Waals surface area contributed by atoms with E-state index in [9.17, 15) is 4.79 Å². The lowest BCUT2D eigenvalue weighted by atomic mass is 10.2. The molecular formula is C16H29N5O2. The SMILES string of the molecule is CC(OCC1CC1)C(=O)N(C)CCN(C)C(C)c1nncn1C. The second-order valence-electron chi connectivity index (χ2n) is 6.64. The third-order valence-corrected chi connectivity index (χ3v) is 4.57. The van der Waals surface area contributed by atoms with E-state index in [0.29, 0.717) is 19.1 Å². The zero-order valence-corrected chi connectivity index (χ0v) is 14.9. The maximum atomic E-state index is 12.3. The number of likely N-dealkylation sites (N-methyl/N-ethyl adjacent to an activating group) is 2. The van der Waals surface area contributed by atoms with Gasteiger partial charge in [0.1, 0.15) is 18.3 Å². The molecule has 2 atom stereocenters. The van der Waals surface area contributed by atoms with Crippen molar-refractivity contribution in [3.63, 3.8) is 0 Å². The number of aromatic nitrogens is 3. The number of hydrogen-bond donors (Lipinski definition) is 0. The van der Waals surface area contributed by atoms with Crippen LogP contribution in [0.3, 0.4) is 0 Å². The third kappa shape index (κ3) is 5.00. The lowest BCUT2D eigenvalue weighted by Gasteiger charge is -2.27. The molecule has 0 radical (unpaired) electrons. The fourth-order valence-electron chi connectivity index (χ4n) is 2.43. The predicted octanol–water partition coefficient (Wildman–Crippen LogP) is 1.08. The molecule has 2 rings (SSSR count). The first-order valence-electron chi connectivity index (χ1n) is 8.30. The smallest absolute Gasteiger partial charge is 0.251 e. The fraction of sp³-hybridized carbons (Fsp3) is 0.812. The van der Waals surface area contributed by atoms with Crippen LogP contribution in [0.1, 0.15) is 38.6 Å². The maximum absolute atomic E-state index is 12.3. The number of rotatable bonds is 9. The highest BCUT2D eigenvalue weighted by Crippen LogP contribution is 2.29. The molecule has 0 N–H and O–H groups in total. The van der Waals surface area contributed by atoms with E-state index in [4.69, 9.17) is 4.74 Å². The van der Waals surface area contributed by atoms with Gasteiger partial charge >= 0.3 is 0 Å². The van der Waals surface area contributed by atoms with E-state index in [2.05, 4.69) is 22.0 Å². The van der Waals surface area contributed by atoms with Crippen LogP contribution in [-0.2, 0) is 16.6 Å². The van der Waals surface area contributed by atoms with Crippen molar-refractivity contribution in [1.82, 2.24) is 24.6 Å². The monoisotopic (exact) mass is 323 g/mol. The molecule has 1 aromatic heterocycles. The normalized spacial score (nSPS) is 17.3. The van der Waals surface area contributed by atoms with E-state index < -0.39 is 0 Å². The molecule has 2 unspecified atom stereocenters. The zero-order chi connectivity index (χ0) is 17.0. The number of ether oxygens (including phenoxy) is 1. The number of aryl methyl sites for hydroxylation is 1. The Morgan fingerprint density at radius 3 is 2.65 bits per heavy atom. The van der Waals surface area contributed by atoms with Crippen LogP contribution >= 0.6 is 0 Å². The van der Waals surface area contributed by atoms with Crippen molar-refractivity contribution in [2.75, 3.05) is 33.8 Å². The highest BCUT2D eigenvalue weighted by atomic mass is 16.5. The Bertz CT molecular complexity index is 514. The van der Waals surface area contributed by atoms with Gasteiger partial charge in [-0.3, -0.25) is 9.69 Å². The van der Waals surface area contributed by atoms with E-state index in [1.54, 1.807) is 11.2 Å². The molecule has 0 aliphatic heterocycles. The maximum Gasteiger partial charge on any atom is 0.251 e. The molecule has 1 heterocycles. The molecule has 0 saturated heterocycles. The topological polar surface area (TPSA) is 63.5 Å². The first-order valence-corrected chi connectivity index (χ1v) is 8.30. The number of nitrogens with zero attached hydrogens (tertiary/aromatic N) is 5. The summed E-state index contributed by atoms with van der Waals surface area (Å²) in [6.45, 7) is 6.07. The van der Waals surface area contributed by atoms with Crippen molar-refractivity contribution in [3.05, 3.63) is 12.2 Å². The summed E-state index contributed by atoms with van der Waals surface area (Å²) < 4.78 is 7.57. The molecule has 0 bridgehead atoms. The summed E-state index contributed by atoms with van der Waals surface area (Å²) in [6, 6.07) is 0.148. The van der Waals surface area contributed by atoms with Crippen LogP contribution in [0.5, 0.6) is 0 Å². The summed E-state index contributed by atoms with van der Waals surface area (Å²) in [6.07, 6.45) is 3.82. The van der Waals surface area contributed by atoms with Gasteiger partial charge in [0.05, 0.1) is 12.6 Å². The first kappa shape index (κ1) is 17.9. The Kier molecular flexibility index (Phi) is 6.12. The Morgan fingerprint density at radius 1 is 1.39 bits per heavy atom. The molecule has 130 valence electrons. The predicted molar refractivity (Wildman–Crippen MR) is 87.8 cm³/mol. The van der Waals surface area contributed by atoms with Gasteiger partial charge in [-0.1, -0.05) is 0 Å². The lowest BCUT2D eigenvalue weighted by molar-refractivity contribution is -0.141. The summed E-state index contributed by atoms with van der Waals surface area (Å²) in [5.74, 6) is 1.64. The minimum Gasteiger partial charge on any atom is -0.368 e. The number of hydrogen-bond acceptors (Lipinski definition) is 5. The van der Waals surface area contributed by atoms with Gasteiger partial charge in [-0.05, 0) is 39.7 Å². The van der Waals surface area contributed by atoms with Gasteiger partial charge in [0.2, 0.25) is 0 Å². The minimum atomic E-state index is -0.359. The average molecular weight is 323 g/mol. The second kappa shape index (κ2) is 7.88. The van der Waals surface area contributed by atoms with E-state index >= 15 is 0 Å². The van der Waals surface area contributed by atoms with Gasteiger partial charge in [-0.2, -0.15) is 0 Å². The lowest BCUT2D eigenvalue weighted by Crippen LogP contribution is -2.41. The third-order valence-electron chi connectivity index (χ3n) is 4.57. The number of carbonyl (C=O) groups excluding carboxylic acids is 1. The van der Waals surface area contributed by atoms with Gasteiger partial charge in [0.15, 0.2) is 0 Å². The van der Waals surface area contributed by atoms with Crippen molar-refractivity contribution in [1.29, 1.82) is 0 Å². The van der Waals surface area contributed by atoms with Crippen LogP contribution in [0.15, 0.2) is 6.33 Å². The Balaban J connectivity index is 1.74. The van der Waals surface area contributed by atoms with Crippen molar-refractivity contribution in [2.45, 2.75) is 38.8 Å². The van der Waals surface area contributed by atoms with Crippen LogP contribution in [-0.4, -0.2) is 70.4 Å². The standard InChI is InChI=1S/C16H29N5O2/c1-12(15-18-17-11-21(15)5)19(3)8-9-20(4)16(22)13(2)23-10-14-6-7-14/h11-14H,6-10H2,1-5H3. The highest BCUT2D eigenvalue weighted by molar-refractivity contribution is 5.80. The minimum absolute atomic E-state index is 0.0466. The van der Waals surface area contributed by atoms with Crippen molar-refractivity contribution in [2.24, 2.45) is 13.0 Å². The highest BCUT2D eigenvalue weighted by Gasteiger charge is 2.25. The molecule has 0 aromatic carbocycles. The van der Waals surface area contributed by atoms with Gasteiger partial charge in [0, 0.05) is 27.2 Å². The number of amides is 1. The van der Waals surface area contributed by atoms with Crippen LogP contribution in [0.4, 0.5) is 0 Å². The quantitative estimate of drug-likeness (QED) is 0.680. The second-order valence-corrected chi connectivity index (χ2v) is 6.64. The molecular weight excluding hydrogens is 294 g/mol. The Labute approximate surface area is 138 Å². The zero-order valence-electron chi connectivity index (χ0n) is 14.9. The van der Waals surface area contributed by atoms with Crippen LogP contribution in [0.2, 0.25) is 0 Å². The van der Waals surface area contributed by atoms with Crippen molar-refractivity contribution in [3.8, 4) is 0 Å². The van der Waals surface area contributed by atoms with Crippen molar-refractivity contribution >= 4 is 5.91 Å². The summed E-state index contributed by atoms with van der Waals surface area (Å²) >= 11 is 0. The largest absolute Gasteiger partial charge is 0.368 e. The fourth-order valence-corrected chi connectivity index (χ4v) is 2.43. The van der Waals surface area contributed by atoms with Gasteiger partial charge in [-0.15, -0.1) is 10.2 Å². The van der Waals surface area contributed by atoms with Gasteiger partial charge in [0.25, 0.3) is 5.91 Å². The molecule has 23 heavy (non-hydrogen) atoms. The van der Waals surface area contributed by atoms with Crippen LogP contribution in [0, 0.1) is 5.92 Å². The van der Waals surface area contributed by atoms with E-state index in [1.165, 1.54) is 12.8 Å². The van der Waals surface area contributed by atoms with Crippen LogP contribution in [0.25, 0.3) is 0 Å². The Hall–Kier alpha value is -1.47. The summed E-state index contributed by atoms with van der Waals surface area (Å²) in [5, 5.41) is 8.06. The molecule has 1 fully saturated rings. The molecule has 0 spiro atoms. The molecule has 1 amide bonds. The molecule has 1 aliphatic carbocycles. The summed E-state index contributed by atoms with van der Waals surface area (Å²) in [7, 11) is 5.80. The molecule has 1 saturated carbocycles. The van der Waals surface area contributed by atoms with Crippen molar-refractivity contribution < 1.29 is 9.53 Å². The molecule has 1 aromatic rings.